The van der Waals surface area contributed by atoms with Crippen molar-refractivity contribution in [2.75, 3.05) is 0 Å². The van der Waals surface area contributed by atoms with Gasteiger partial charge in [-0.05, 0) is 0 Å². The van der Waals surface area contributed by atoms with Crippen LogP contribution < -0.4 is 0 Å². The Morgan fingerprint density at radius 1 is 1.00 bits per heavy atom. The molecule has 0 unspecified atom stereocenters. The standard InChI is InChI=1S/Al.Cu.Li.Sc.H. The van der Waals surface area contributed by atoms with Crippen LogP contribution in [-0.2, 0) is 42.9 Å². The first kappa shape index (κ1) is 31.3. The quantitative estimate of drug-likeness (QED) is 0.380. The Balaban J connectivity index is 0. The molecule has 0 rings (SSSR count). The van der Waals surface area contributed by atoms with Crippen molar-refractivity contribution in [2.45, 2.75) is 0 Å². The first-order valence-corrected chi connectivity index (χ1v) is 0. The molecule has 5 radical (unpaired) electrons. The van der Waals surface area contributed by atoms with E-state index in [1.165, 1.54) is 0 Å². The van der Waals surface area contributed by atoms with E-state index in [0.717, 1.165) is 0 Å². The Labute approximate surface area is 78.0 Å². The fourth-order valence-corrected chi connectivity index (χ4v) is 0. The molecular weight excluding hydrogens is 142 g/mol. The van der Waals surface area contributed by atoms with Gasteiger partial charge in [-0.2, -0.15) is 0 Å². The van der Waals surface area contributed by atoms with Gasteiger partial charge >= 0.3 is 18.9 Å². The molecule has 0 heterocycles. The van der Waals surface area contributed by atoms with Crippen molar-refractivity contribution in [1.82, 2.24) is 0 Å². The number of hydrogen-bond acceptors (Lipinski definition) is 0. The van der Waals surface area contributed by atoms with Gasteiger partial charge in [0.15, 0.2) is 0 Å². The molecule has 0 aromatic rings. The topological polar surface area (TPSA) is 0 Å². The second-order valence-electron chi connectivity index (χ2n) is 0. The molecular formula is HAlCuLiSc. The van der Waals surface area contributed by atoms with Crippen LogP contribution in [-0.4, -0.2) is 36.2 Å². The first-order valence-electron chi connectivity index (χ1n) is 0. The summed E-state index contributed by atoms with van der Waals surface area (Å²) in [5.74, 6) is 0. The van der Waals surface area contributed by atoms with Gasteiger partial charge in [-0.3, -0.25) is 0 Å². The summed E-state index contributed by atoms with van der Waals surface area (Å²) < 4.78 is 0. The SMILES string of the molecule is [Al].[Cu].[LiH].[Sc]. The minimum atomic E-state index is 0. The molecule has 0 aromatic carbocycles. The molecule has 19 valence electrons. The van der Waals surface area contributed by atoms with Gasteiger partial charge in [0.25, 0.3) is 0 Å². The van der Waals surface area contributed by atoms with E-state index in [0.29, 0.717) is 0 Å². The molecule has 0 spiro atoms. The van der Waals surface area contributed by atoms with Gasteiger partial charge in [-0.15, -0.1) is 0 Å². The Bertz CT molecular complexity index is 8.00. The van der Waals surface area contributed by atoms with Crippen LogP contribution in [0.25, 0.3) is 0 Å². The van der Waals surface area contributed by atoms with Gasteiger partial charge in [-0.1, -0.05) is 0 Å². The fraction of sp³-hybridized carbons (Fsp3) is 0. The van der Waals surface area contributed by atoms with Crippen molar-refractivity contribution in [3.05, 3.63) is 0 Å². The maximum Gasteiger partial charge on any atom is 0 e. The smallest absolute Gasteiger partial charge is 0 e. The van der Waals surface area contributed by atoms with E-state index in [1.807, 2.05) is 0 Å². The summed E-state index contributed by atoms with van der Waals surface area (Å²) in [6.45, 7) is 0. The molecule has 0 fully saturated rings. The number of hydrogen-bond donors (Lipinski definition) is 0. The number of rotatable bonds is 0. The third-order valence-corrected chi connectivity index (χ3v) is 0. The molecule has 0 aliphatic carbocycles. The molecule has 0 aliphatic rings. The molecule has 0 aliphatic heterocycles. The van der Waals surface area contributed by atoms with E-state index in [1.54, 1.807) is 0 Å². The zero-order valence-corrected chi connectivity index (χ0v) is 5.36. The summed E-state index contributed by atoms with van der Waals surface area (Å²) in [6, 6.07) is 0. The molecule has 4 heavy (non-hydrogen) atoms. The summed E-state index contributed by atoms with van der Waals surface area (Å²) in [4.78, 5) is 0. The Morgan fingerprint density at radius 2 is 1.00 bits per heavy atom. The van der Waals surface area contributed by atoms with Crippen LogP contribution in [0.5, 0.6) is 0 Å². The Hall–Kier alpha value is 2.52. The fourth-order valence-electron chi connectivity index (χ4n) is 0. The summed E-state index contributed by atoms with van der Waals surface area (Å²) in [6.07, 6.45) is 0. The van der Waals surface area contributed by atoms with Crippen molar-refractivity contribution < 1.29 is 42.9 Å². The minimum absolute atomic E-state index is 0. The maximum atomic E-state index is 0. The Morgan fingerprint density at radius 3 is 1.00 bits per heavy atom. The van der Waals surface area contributed by atoms with Crippen LogP contribution in [0.2, 0.25) is 0 Å². The van der Waals surface area contributed by atoms with Crippen LogP contribution >= 0.6 is 0 Å². The van der Waals surface area contributed by atoms with Crippen LogP contribution in [0.4, 0.5) is 0 Å². The van der Waals surface area contributed by atoms with Crippen LogP contribution in [0.15, 0.2) is 0 Å². The molecule has 0 aromatic heterocycles. The van der Waals surface area contributed by atoms with E-state index in [2.05, 4.69) is 0 Å². The second kappa shape index (κ2) is 17.8. The average molecular weight is 143 g/mol. The normalized spacial score (nSPS) is 0. The van der Waals surface area contributed by atoms with E-state index >= 15 is 0 Å². The molecule has 4 heteroatoms. The third-order valence-electron chi connectivity index (χ3n) is 0. The molecule has 0 nitrogen and oxygen atoms in total. The summed E-state index contributed by atoms with van der Waals surface area (Å²) >= 11 is 0. The van der Waals surface area contributed by atoms with Gasteiger partial charge in [0.1, 0.15) is 0 Å². The zero-order chi connectivity index (χ0) is 0. The van der Waals surface area contributed by atoms with E-state index in [4.69, 9.17) is 0 Å². The average Bonchev–Trinajstić information content (AvgIpc) is 0. The molecule has 0 atom stereocenters. The summed E-state index contributed by atoms with van der Waals surface area (Å²) in [5.41, 5.74) is 0. The Kier molecular flexibility index (Phi) is 139. The van der Waals surface area contributed by atoms with Crippen molar-refractivity contribution in [3.8, 4) is 0 Å². The van der Waals surface area contributed by atoms with E-state index < -0.39 is 0 Å². The van der Waals surface area contributed by atoms with Crippen molar-refractivity contribution >= 4 is 36.2 Å². The molecule has 0 saturated carbocycles. The van der Waals surface area contributed by atoms with Gasteiger partial charge < -0.3 is 0 Å². The van der Waals surface area contributed by atoms with Crippen LogP contribution in [0.3, 0.4) is 0 Å². The first-order chi connectivity index (χ1) is 0. The van der Waals surface area contributed by atoms with Crippen LogP contribution in [0.1, 0.15) is 0 Å². The van der Waals surface area contributed by atoms with E-state index in [9.17, 15) is 0 Å². The van der Waals surface area contributed by atoms with Gasteiger partial charge in [0, 0.05) is 60.3 Å². The predicted octanol–water partition coefficient (Wildman–Crippen LogP) is -1.03. The van der Waals surface area contributed by atoms with Crippen molar-refractivity contribution in [3.63, 3.8) is 0 Å². The zero-order valence-electron chi connectivity index (χ0n) is 1.46. The third kappa shape index (κ3) is 8.82. The van der Waals surface area contributed by atoms with Crippen molar-refractivity contribution in [1.29, 1.82) is 0 Å². The van der Waals surface area contributed by atoms with Gasteiger partial charge in [0.05, 0.1) is 0 Å². The molecule has 0 N–H and O–H groups in total. The summed E-state index contributed by atoms with van der Waals surface area (Å²) in [5, 5.41) is 0. The second-order valence-corrected chi connectivity index (χ2v) is 0. The largest absolute Gasteiger partial charge is 0 e. The maximum absolute atomic E-state index is 0. The van der Waals surface area contributed by atoms with Gasteiger partial charge in [0.2, 0.25) is 0 Å². The van der Waals surface area contributed by atoms with Gasteiger partial charge in [-0.25, -0.2) is 0 Å². The molecule has 0 bridgehead atoms. The van der Waals surface area contributed by atoms with E-state index in [-0.39, 0.29) is 79.1 Å². The monoisotopic (exact) mass is 143 g/mol. The molecule has 0 amide bonds. The summed E-state index contributed by atoms with van der Waals surface area (Å²) in [7, 11) is 0. The molecule has 0 saturated heterocycles. The van der Waals surface area contributed by atoms with Crippen molar-refractivity contribution in [2.24, 2.45) is 0 Å². The predicted molar refractivity (Wildman–Crippen MR) is 12.9 cm³/mol. The minimum Gasteiger partial charge on any atom is 0 e. The van der Waals surface area contributed by atoms with Crippen LogP contribution in [0, 0.1) is 0 Å².